The van der Waals surface area contributed by atoms with Crippen molar-refractivity contribution in [2.45, 2.75) is 91.5 Å². The molecule has 3 aliphatic rings. The molecule has 0 spiro atoms. The smallest absolute Gasteiger partial charge is 0.335 e. The van der Waals surface area contributed by atoms with Gasteiger partial charge in [-0.3, -0.25) is 14.4 Å². The van der Waals surface area contributed by atoms with Crippen LogP contribution in [0.5, 0.6) is 11.5 Å². The first-order valence-electron chi connectivity index (χ1n) is 15.4. The fourth-order valence-corrected chi connectivity index (χ4v) is 6.64. The number of amides is 1. The summed E-state index contributed by atoms with van der Waals surface area (Å²) in [6.07, 6.45) is 5.15. The minimum absolute atomic E-state index is 0.0738. The van der Waals surface area contributed by atoms with Crippen molar-refractivity contribution in [1.29, 1.82) is 0 Å². The average Bonchev–Trinajstić information content (AvgIpc) is 3.34. The maximum absolute atomic E-state index is 13.1. The number of aliphatic hydroxyl groups excluding tert-OH is 2. The number of benzene rings is 1. The number of phenolic OH excluding ortho intramolecular Hbond substituents is 1. The van der Waals surface area contributed by atoms with E-state index in [9.17, 15) is 44.7 Å². The van der Waals surface area contributed by atoms with E-state index in [1.807, 2.05) is 13.8 Å². The van der Waals surface area contributed by atoms with Crippen molar-refractivity contribution in [3.63, 3.8) is 0 Å². The molecule has 1 aromatic carbocycles. The van der Waals surface area contributed by atoms with Crippen LogP contribution in [0.4, 0.5) is 0 Å². The summed E-state index contributed by atoms with van der Waals surface area (Å²) in [5.41, 5.74) is -3.09. The molecule has 1 aromatic rings. The van der Waals surface area contributed by atoms with Gasteiger partial charge in [0.15, 0.2) is 11.6 Å². The number of rotatable bonds is 10. The van der Waals surface area contributed by atoms with Gasteiger partial charge >= 0.3 is 5.97 Å². The summed E-state index contributed by atoms with van der Waals surface area (Å²) in [7, 11) is 0. The Morgan fingerprint density at radius 2 is 1.78 bits per heavy atom. The SMILES string of the molecule is C/C(=C/C=C/[C@H](C)[C@H](O)[C@@H](C)[C@@H](O)[C@@H](C)[C@@H]1O[C@@]2(C)CC[C@H](O2)[C@H]1C)C(=O)NC1=CC(=O)c2c(C(=O)O)c([O-])c(C)c(O)c2C1=O. The Kier molecular flexibility index (Phi) is 9.98. The maximum Gasteiger partial charge on any atom is 0.335 e. The molecule has 0 radical (unpaired) electrons. The lowest BCUT2D eigenvalue weighted by atomic mass is 9.78. The third-order valence-electron chi connectivity index (χ3n) is 9.68. The van der Waals surface area contributed by atoms with E-state index in [4.69, 9.17) is 9.47 Å². The molecule has 9 atom stereocenters. The summed E-state index contributed by atoms with van der Waals surface area (Å²) in [4.78, 5) is 50.4. The Morgan fingerprint density at radius 3 is 2.41 bits per heavy atom. The topological polar surface area (TPSA) is 203 Å². The zero-order valence-electron chi connectivity index (χ0n) is 27.0. The Hall–Kier alpha value is -3.84. The van der Waals surface area contributed by atoms with Crippen molar-refractivity contribution in [3.8, 4) is 11.5 Å². The molecule has 1 aliphatic carbocycles. The lowest BCUT2D eigenvalue weighted by molar-refractivity contribution is -0.309. The number of ether oxygens (including phenoxy) is 2. The second-order valence-electron chi connectivity index (χ2n) is 13.0. The number of carbonyl (C=O) groups is 4. The molecule has 1 amide bonds. The van der Waals surface area contributed by atoms with Crippen LogP contribution in [0, 0.1) is 30.6 Å². The maximum atomic E-state index is 13.1. The normalized spacial score (nSPS) is 27.9. The second kappa shape index (κ2) is 13.1. The van der Waals surface area contributed by atoms with Crippen LogP contribution >= 0.6 is 0 Å². The van der Waals surface area contributed by atoms with Crippen LogP contribution in [-0.2, 0) is 14.3 Å². The largest absolute Gasteiger partial charge is 0.872 e. The number of aliphatic hydroxyl groups is 2. The molecule has 2 heterocycles. The monoisotopic (exact) mass is 640 g/mol. The molecule has 12 nitrogen and oxygen atoms in total. The van der Waals surface area contributed by atoms with Crippen molar-refractivity contribution in [3.05, 3.63) is 57.8 Å². The summed E-state index contributed by atoms with van der Waals surface area (Å²) in [5, 5.41) is 56.8. The van der Waals surface area contributed by atoms with E-state index in [0.717, 1.165) is 25.8 Å². The number of carboxylic acid groups (broad SMARTS) is 1. The van der Waals surface area contributed by atoms with Crippen LogP contribution in [0.3, 0.4) is 0 Å². The fraction of sp³-hybridized carbons (Fsp3) is 0.529. The summed E-state index contributed by atoms with van der Waals surface area (Å²) < 4.78 is 12.3. The van der Waals surface area contributed by atoms with Gasteiger partial charge in [0.25, 0.3) is 5.91 Å². The minimum Gasteiger partial charge on any atom is -0.872 e. The van der Waals surface area contributed by atoms with E-state index in [2.05, 4.69) is 12.2 Å². The number of allylic oxidation sites excluding steroid dienone is 4. The van der Waals surface area contributed by atoms with Crippen LogP contribution < -0.4 is 10.4 Å². The van der Waals surface area contributed by atoms with Gasteiger partial charge < -0.3 is 40.3 Å². The van der Waals surface area contributed by atoms with Gasteiger partial charge in [0, 0.05) is 41.7 Å². The van der Waals surface area contributed by atoms with E-state index in [0.29, 0.717) is 0 Å². The highest BCUT2D eigenvalue weighted by atomic mass is 16.7. The number of phenols is 1. The van der Waals surface area contributed by atoms with Gasteiger partial charge in [0.05, 0.1) is 46.8 Å². The fourth-order valence-electron chi connectivity index (χ4n) is 6.64. The van der Waals surface area contributed by atoms with Crippen LogP contribution in [-0.4, -0.2) is 74.1 Å². The summed E-state index contributed by atoms with van der Waals surface area (Å²) in [5.74, 6) is -8.17. The van der Waals surface area contributed by atoms with Crippen molar-refractivity contribution < 1.29 is 54.2 Å². The number of aromatic carboxylic acids is 1. The zero-order chi connectivity index (χ0) is 34.4. The van der Waals surface area contributed by atoms with Crippen molar-refractivity contribution in [2.75, 3.05) is 0 Å². The van der Waals surface area contributed by atoms with E-state index >= 15 is 0 Å². The van der Waals surface area contributed by atoms with Crippen LogP contribution in [0.1, 0.15) is 91.0 Å². The quantitative estimate of drug-likeness (QED) is 0.186. The molecular weight excluding hydrogens is 598 g/mol. The van der Waals surface area contributed by atoms with E-state index < -0.39 is 92.7 Å². The lowest BCUT2D eigenvalue weighted by Crippen LogP contribution is -2.52. The molecule has 12 heteroatoms. The van der Waals surface area contributed by atoms with Crippen LogP contribution in [0.15, 0.2) is 35.6 Å². The predicted molar refractivity (Wildman–Crippen MR) is 163 cm³/mol. The van der Waals surface area contributed by atoms with Gasteiger partial charge in [0.1, 0.15) is 5.75 Å². The van der Waals surface area contributed by atoms with Crippen molar-refractivity contribution in [1.82, 2.24) is 5.32 Å². The van der Waals surface area contributed by atoms with E-state index in [-0.39, 0.29) is 29.6 Å². The van der Waals surface area contributed by atoms with E-state index in [1.165, 1.54) is 13.0 Å². The van der Waals surface area contributed by atoms with Gasteiger partial charge in [-0.1, -0.05) is 51.7 Å². The molecule has 0 saturated carbocycles. The highest BCUT2D eigenvalue weighted by Gasteiger charge is 2.51. The molecular formula is C34H42NO11-. The summed E-state index contributed by atoms with van der Waals surface area (Å²) in [6.45, 7) is 12.0. The third-order valence-corrected chi connectivity index (χ3v) is 9.68. The molecule has 5 N–H and O–H groups in total. The van der Waals surface area contributed by atoms with Gasteiger partial charge in [0.2, 0.25) is 5.78 Å². The van der Waals surface area contributed by atoms with Gasteiger partial charge in [-0.2, -0.15) is 0 Å². The zero-order valence-corrected chi connectivity index (χ0v) is 27.0. The number of Topliss-reactive ketones (excluding diaryl/α,β-unsaturated/α-hetero) is 1. The Bertz CT molecular complexity index is 1540. The van der Waals surface area contributed by atoms with Crippen LogP contribution in [0.2, 0.25) is 0 Å². The summed E-state index contributed by atoms with van der Waals surface area (Å²) >= 11 is 0. The third kappa shape index (κ3) is 6.39. The first kappa shape index (κ1) is 35.0. The second-order valence-corrected chi connectivity index (χ2v) is 13.0. The minimum atomic E-state index is -1.72. The number of hydrogen-bond donors (Lipinski definition) is 5. The van der Waals surface area contributed by atoms with Crippen molar-refractivity contribution in [2.24, 2.45) is 23.7 Å². The number of aromatic hydroxyl groups is 1. The van der Waals surface area contributed by atoms with Gasteiger partial charge in [-0.25, -0.2) is 4.79 Å². The molecule has 2 aliphatic heterocycles. The Labute approximate surface area is 267 Å². The number of carbonyl (C=O) groups excluding carboxylic acids is 3. The van der Waals surface area contributed by atoms with E-state index in [1.54, 1.807) is 26.0 Å². The molecule has 4 rings (SSSR count). The Balaban J connectivity index is 1.40. The number of hydrogen-bond acceptors (Lipinski definition) is 10. The number of fused-ring (bicyclic) bond motifs is 3. The number of carboxylic acids is 1. The molecule has 2 fully saturated rings. The Morgan fingerprint density at radius 1 is 1.13 bits per heavy atom. The first-order chi connectivity index (χ1) is 21.4. The molecule has 2 saturated heterocycles. The molecule has 250 valence electrons. The lowest BCUT2D eigenvalue weighted by Gasteiger charge is -2.45. The van der Waals surface area contributed by atoms with Gasteiger partial charge in [-0.15, -0.1) is 0 Å². The average molecular weight is 641 g/mol. The highest BCUT2D eigenvalue weighted by Crippen LogP contribution is 2.45. The number of ketones is 2. The van der Waals surface area contributed by atoms with Crippen molar-refractivity contribution >= 4 is 23.4 Å². The van der Waals surface area contributed by atoms with Crippen LogP contribution in [0.25, 0.3) is 0 Å². The standard InChI is InChI=1S/C34H43NO11/c1-14(26(37)17(4)27(38)19(6)31-16(3)22-11-12-34(7,45-22)46-31)9-8-10-15(2)32(42)35-20-13-21(36)23-24(30(20)41)28(39)18(5)29(40)25(23)33(43)44/h8-10,13-14,16-17,19,22,26-27,31,37-40H,11-12H2,1-7H3,(H,35,42)(H,43,44)/p-1/b9-8+,15-10-/t14-,16+,17+,19+,22-,26-,27+,31+,34-/m0/s1. The molecule has 0 unspecified atom stereocenters. The van der Waals surface area contributed by atoms with Gasteiger partial charge in [-0.05, 0) is 32.8 Å². The molecule has 46 heavy (non-hydrogen) atoms. The summed E-state index contributed by atoms with van der Waals surface area (Å²) in [6, 6.07) is 0. The predicted octanol–water partition coefficient (Wildman–Crippen LogP) is 2.91. The molecule has 0 aromatic heterocycles. The highest BCUT2D eigenvalue weighted by molar-refractivity contribution is 6.29. The first-order valence-corrected chi connectivity index (χ1v) is 15.4. The number of nitrogens with one attached hydrogen (secondary N) is 1. The molecule has 2 bridgehead atoms.